The SMILES string of the molecule is CCCCCCCCOn1c(=N)n[n+]([O-])c2cc(OC)ccc21. The van der Waals surface area contributed by atoms with Crippen LogP contribution >= 0.6 is 0 Å². The third-order valence-electron chi connectivity index (χ3n) is 3.70. The van der Waals surface area contributed by atoms with Gasteiger partial charge in [0.2, 0.25) is 0 Å². The minimum absolute atomic E-state index is 0.219. The number of aromatic nitrogens is 3. The van der Waals surface area contributed by atoms with Crippen LogP contribution in [-0.4, -0.2) is 23.5 Å². The fourth-order valence-electron chi connectivity index (χ4n) is 2.42. The molecule has 0 bridgehead atoms. The lowest BCUT2D eigenvalue weighted by atomic mass is 10.1. The Labute approximate surface area is 135 Å². The molecule has 0 aliphatic heterocycles. The summed E-state index contributed by atoms with van der Waals surface area (Å²) in [6.45, 7) is 2.69. The van der Waals surface area contributed by atoms with Gasteiger partial charge in [-0.25, -0.2) is 0 Å². The summed E-state index contributed by atoms with van der Waals surface area (Å²) in [7, 11) is 1.53. The Morgan fingerprint density at radius 3 is 2.70 bits per heavy atom. The molecule has 0 radical (unpaired) electrons. The van der Waals surface area contributed by atoms with Crippen LogP contribution in [0.15, 0.2) is 18.2 Å². The Bertz CT molecular complexity index is 700. The maximum Gasteiger partial charge on any atom is 0.322 e. The zero-order valence-electron chi connectivity index (χ0n) is 13.7. The third kappa shape index (κ3) is 4.34. The second-order valence-corrected chi connectivity index (χ2v) is 5.45. The van der Waals surface area contributed by atoms with E-state index in [1.54, 1.807) is 18.2 Å². The second-order valence-electron chi connectivity index (χ2n) is 5.45. The van der Waals surface area contributed by atoms with Crippen molar-refractivity contribution in [2.75, 3.05) is 13.7 Å². The molecule has 0 amide bonds. The Morgan fingerprint density at radius 2 is 1.96 bits per heavy atom. The van der Waals surface area contributed by atoms with Gasteiger partial charge in [-0.2, -0.15) is 0 Å². The van der Waals surface area contributed by atoms with Crippen LogP contribution < -0.4 is 20.0 Å². The fourth-order valence-corrected chi connectivity index (χ4v) is 2.42. The zero-order valence-corrected chi connectivity index (χ0v) is 13.7. The molecule has 23 heavy (non-hydrogen) atoms. The summed E-state index contributed by atoms with van der Waals surface area (Å²) < 4.78 is 6.42. The Balaban J connectivity index is 2.06. The van der Waals surface area contributed by atoms with Crippen LogP contribution in [0.25, 0.3) is 11.0 Å². The van der Waals surface area contributed by atoms with E-state index >= 15 is 0 Å². The van der Waals surface area contributed by atoms with Crippen LogP contribution in [-0.2, 0) is 0 Å². The number of rotatable bonds is 9. The van der Waals surface area contributed by atoms with E-state index in [0.717, 1.165) is 12.8 Å². The maximum atomic E-state index is 11.9. The smallest absolute Gasteiger partial charge is 0.322 e. The van der Waals surface area contributed by atoms with Crippen molar-refractivity contribution in [2.45, 2.75) is 45.4 Å². The molecule has 1 N–H and O–H groups in total. The monoisotopic (exact) mass is 320 g/mol. The highest BCUT2D eigenvalue weighted by molar-refractivity contribution is 5.72. The first kappa shape index (κ1) is 17.1. The van der Waals surface area contributed by atoms with Crippen molar-refractivity contribution in [3.63, 3.8) is 0 Å². The molecule has 0 atom stereocenters. The highest BCUT2D eigenvalue weighted by Crippen LogP contribution is 2.16. The Morgan fingerprint density at radius 1 is 1.22 bits per heavy atom. The number of hydrogen-bond donors (Lipinski definition) is 1. The first-order valence-electron chi connectivity index (χ1n) is 8.06. The molecule has 0 aliphatic rings. The van der Waals surface area contributed by atoms with Crippen LogP contribution in [0.1, 0.15) is 45.4 Å². The van der Waals surface area contributed by atoms with E-state index in [1.807, 2.05) is 0 Å². The fraction of sp³-hybridized carbons (Fsp3) is 0.562. The van der Waals surface area contributed by atoms with Crippen molar-refractivity contribution < 1.29 is 14.4 Å². The number of fused-ring (bicyclic) bond motifs is 1. The highest BCUT2D eigenvalue weighted by Gasteiger charge is 2.14. The van der Waals surface area contributed by atoms with Crippen LogP contribution in [0.2, 0.25) is 0 Å². The first-order chi connectivity index (χ1) is 11.2. The topological polar surface area (TPSA) is 87.1 Å². The predicted octanol–water partition coefficient (Wildman–Crippen LogP) is 1.95. The lowest BCUT2D eigenvalue weighted by Crippen LogP contribution is -2.44. The van der Waals surface area contributed by atoms with Gasteiger partial charge in [0.05, 0.1) is 18.3 Å². The van der Waals surface area contributed by atoms with Gasteiger partial charge in [-0.1, -0.05) is 32.6 Å². The van der Waals surface area contributed by atoms with Crippen molar-refractivity contribution in [1.82, 2.24) is 9.83 Å². The van der Waals surface area contributed by atoms with E-state index in [1.165, 1.54) is 37.5 Å². The summed E-state index contributed by atoms with van der Waals surface area (Å²) in [5, 5.41) is 23.3. The van der Waals surface area contributed by atoms with Gasteiger partial charge in [0.1, 0.15) is 12.4 Å². The molecule has 7 nitrogen and oxygen atoms in total. The number of nitrogens with one attached hydrogen (secondary N) is 1. The summed E-state index contributed by atoms with van der Waals surface area (Å²) in [5.41, 5.74) is 0.596. The first-order valence-corrected chi connectivity index (χ1v) is 8.06. The van der Waals surface area contributed by atoms with E-state index < -0.39 is 0 Å². The molecular weight excluding hydrogens is 296 g/mol. The van der Waals surface area contributed by atoms with Gasteiger partial charge < -0.3 is 14.8 Å². The van der Waals surface area contributed by atoms with E-state index in [9.17, 15) is 5.21 Å². The molecule has 0 spiro atoms. The van der Waals surface area contributed by atoms with Gasteiger partial charge >= 0.3 is 5.62 Å². The summed E-state index contributed by atoms with van der Waals surface area (Å²) in [6, 6.07) is 5.01. The molecule has 0 saturated carbocycles. The molecule has 0 saturated heterocycles. The van der Waals surface area contributed by atoms with Gasteiger partial charge in [-0.3, -0.25) is 5.41 Å². The van der Waals surface area contributed by atoms with E-state index in [2.05, 4.69) is 12.0 Å². The van der Waals surface area contributed by atoms with Crippen LogP contribution in [0.5, 0.6) is 5.75 Å². The van der Waals surface area contributed by atoms with Gasteiger partial charge in [-0.05, 0) is 29.8 Å². The van der Waals surface area contributed by atoms with Crippen molar-refractivity contribution >= 4 is 11.0 Å². The average molecular weight is 320 g/mol. The van der Waals surface area contributed by atoms with E-state index in [4.69, 9.17) is 15.0 Å². The molecule has 126 valence electrons. The number of ether oxygens (including phenoxy) is 1. The summed E-state index contributed by atoms with van der Waals surface area (Å²) in [4.78, 5) is 6.08. The zero-order chi connectivity index (χ0) is 16.7. The Kier molecular flexibility index (Phi) is 6.19. The van der Waals surface area contributed by atoms with Crippen molar-refractivity contribution in [2.24, 2.45) is 0 Å². The normalized spacial score (nSPS) is 10.9. The van der Waals surface area contributed by atoms with E-state index in [-0.39, 0.29) is 5.62 Å². The summed E-state index contributed by atoms with van der Waals surface area (Å²) in [5.74, 6) is 0.559. The molecule has 2 rings (SSSR count). The molecule has 0 unspecified atom stereocenters. The Hall–Kier alpha value is -2.31. The van der Waals surface area contributed by atoms with Crippen LogP contribution in [0.4, 0.5) is 0 Å². The van der Waals surface area contributed by atoms with Gasteiger partial charge in [0.15, 0.2) is 5.52 Å². The summed E-state index contributed by atoms with van der Waals surface area (Å²) in [6.07, 6.45) is 6.96. The molecular formula is C16H24N4O3. The highest BCUT2D eigenvalue weighted by atomic mass is 16.7. The molecule has 2 aromatic rings. The molecule has 0 aliphatic carbocycles. The molecule has 1 heterocycles. The predicted molar refractivity (Wildman–Crippen MR) is 85.9 cm³/mol. The van der Waals surface area contributed by atoms with Crippen LogP contribution in [0, 0.1) is 10.6 Å². The summed E-state index contributed by atoms with van der Waals surface area (Å²) >= 11 is 0. The number of nitrogens with zero attached hydrogens (tertiary/aromatic N) is 3. The van der Waals surface area contributed by atoms with Gasteiger partial charge in [-0.15, -0.1) is 4.73 Å². The largest absolute Gasteiger partial charge is 0.594 e. The average Bonchev–Trinajstić information content (AvgIpc) is 2.56. The second kappa shape index (κ2) is 8.36. The van der Waals surface area contributed by atoms with Crippen molar-refractivity contribution in [3.05, 3.63) is 29.0 Å². The molecule has 7 heteroatoms. The van der Waals surface area contributed by atoms with Crippen molar-refractivity contribution in [1.29, 1.82) is 5.41 Å². The molecule has 1 aromatic carbocycles. The van der Waals surface area contributed by atoms with Gasteiger partial charge in [0.25, 0.3) is 5.52 Å². The number of unbranched alkanes of at least 4 members (excludes halogenated alkanes) is 5. The number of benzene rings is 1. The number of methoxy groups -OCH3 is 1. The van der Waals surface area contributed by atoms with Gasteiger partial charge in [0, 0.05) is 0 Å². The van der Waals surface area contributed by atoms with Crippen molar-refractivity contribution in [3.8, 4) is 5.75 Å². The number of hydrogen-bond acceptors (Lipinski definition) is 5. The minimum atomic E-state index is -0.219. The molecule has 1 aromatic heterocycles. The lowest BCUT2D eigenvalue weighted by Gasteiger charge is -2.11. The van der Waals surface area contributed by atoms with Crippen LogP contribution in [0.3, 0.4) is 0 Å². The minimum Gasteiger partial charge on any atom is -0.594 e. The standard InChI is InChI=1S/C16H24N4O3/c1-3-4-5-6-7-8-11-23-19-14-10-9-13(22-2)12-15(14)20(21)18-16(19)17/h9-10,12,17H,3-8,11H2,1-2H3. The third-order valence-corrected chi connectivity index (χ3v) is 3.70. The maximum absolute atomic E-state index is 11.9. The molecule has 0 fully saturated rings. The lowest BCUT2D eigenvalue weighted by molar-refractivity contribution is -0.645. The quantitative estimate of drug-likeness (QED) is 0.434. The van der Waals surface area contributed by atoms with E-state index in [0.29, 0.717) is 28.2 Å².